The monoisotopic (exact) mass is 598 g/mol. The average molecular weight is 599 g/mol. The van der Waals surface area contributed by atoms with Gasteiger partial charge in [0.2, 0.25) is 5.91 Å². The smallest absolute Gasteiger partial charge is 0.416 e. The van der Waals surface area contributed by atoms with Gasteiger partial charge < -0.3 is 19.5 Å². The predicted molar refractivity (Wildman–Crippen MR) is 153 cm³/mol. The first-order valence-electron chi connectivity index (χ1n) is 14.9. The Bertz CT molecular complexity index is 1470. The van der Waals surface area contributed by atoms with Gasteiger partial charge >= 0.3 is 12.1 Å². The van der Waals surface area contributed by atoms with Crippen LogP contribution in [0.4, 0.5) is 13.2 Å². The highest BCUT2D eigenvalue weighted by molar-refractivity contribution is 5.92. The van der Waals surface area contributed by atoms with Crippen molar-refractivity contribution in [2.45, 2.75) is 81.8 Å². The van der Waals surface area contributed by atoms with Gasteiger partial charge in [-0.05, 0) is 80.6 Å². The molecule has 1 N–H and O–H groups in total. The highest BCUT2D eigenvalue weighted by Gasteiger charge is 2.75. The zero-order valence-corrected chi connectivity index (χ0v) is 24.8. The van der Waals surface area contributed by atoms with Crippen molar-refractivity contribution in [1.29, 1.82) is 0 Å². The third-order valence-electron chi connectivity index (χ3n) is 9.89. The number of nitrogens with zero attached hydrogens (tertiary/aromatic N) is 2. The number of carbonyl (C=O) groups is 2. The molecule has 5 atom stereocenters. The third-order valence-corrected chi connectivity index (χ3v) is 9.89. The van der Waals surface area contributed by atoms with Gasteiger partial charge in [-0.3, -0.25) is 14.5 Å². The van der Waals surface area contributed by atoms with Crippen LogP contribution in [0.25, 0.3) is 6.08 Å². The van der Waals surface area contributed by atoms with Gasteiger partial charge in [0.1, 0.15) is 11.7 Å². The molecule has 6 rings (SSSR count). The van der Waals surface area contributed by atoms with Crippen LogP contribution in [0.1, 0.15) is 62.3 Å². The summed E-state index contributed by atoms with van der Waals surface area (Å²) in [5.41, 5.74) is 0.0321. The Morgan fingerprint density at radius 3 is 2.56 bits per heavy atom. The predicted octanol–water partition coefficient (Wildman–Crippen LogP) is 5.33. The molecular formula is C33H37F3N2O5. The first kappa shape index (κ1) is 29.5. The number of alkyl halides is 3. The Labute approximate surface area is 249 Å². The largest absolute Gasteiger partial charge is 0.504 e. The lowest BCUT2D eigenvalue weighted by Gasteiger charge is -2.65. The van der Waals surface area contributed by atoms with Crippen LogP contribution in [0, 0.1) is 5.92 Å². The fraction of sp³-hybridized carbons (Fsp3) is 0.515. The molecular weight excluding hydrogens is 561 g/mol. The van der Waals surface area contributed by atoms with Crippen LogP contribution in [-0.4, -0.2) is 70.7 Å². The van der Waals surface area contributed by atoms with Crippen LogP contribution in [-0.2, 0) is 32.3 Å². The number of rotatable bonds is 6. The second-order valence-corrected chi connectivity index (χ2v) is 12.8. The lowest BCUT2D eigenvalue weighted by molar-refractivity contribution is -0.221. The summed E-state index contributed by atoms with van der Waals surface area (Å²) >= 11 is 0. The molecule has 230 valence electrons. The van der Waals surface area contributed by atoms with Crippen molar-refractivity contribution < 1.29 is 37.3 Å². The summed E-state index contributed by atoms with van der Waals surface area (Å²) in [7, 11) is 2.05. The summed E-state index contributed by atoms with van der Waals surface area (Å²) in [6.07, 6.45) is 0.239. The van der Waals surface area contributed by atoms with Gasteiger partial charge in [0, 0.05) is 25.1 Å². The summed E-state index contributed by atoms with van der Waals surface area (Å²) < 4.78 is 52.2. The SMILES string of the molecule is CC(=O)O[C@@]12CCC(N(CC(C)C)C(=O)/C=C/c3ccc(C(F)(F)F)cc3)C3Oc4c(O)ccc5c4[C@@]31CCN(C)[C@@H]2C5. The fourth-order valence-corrected chi connectivity index (χ4v) is 8.31. The number of amides is 1. The Morgan fingerprint density at radius 2 is 1.91 bits per heavy atom. The Morgan fingerprint density at radius 1 is 1.19 bits per heavy atom. The highest BCUT2D eigenvalue weighted by Crippen LogP contribution is 2.67. The van der Waals surface area contributed by atoms with E-state index in [9.17, 15) is 27.9 Å². The topological polar surface area (TPSA) is 79.3 Å². The number of likely N-dealkylation sites (tertiary alicyclic amines) is 1. The molecule has 2 bridgehead atoms. The number of ether oxygens (including phenoxy) is 2. The average Bonchev–Trinajstić information content (AvgIpc) is 3.29. The zero-order chi connectivity index (χ0) is 30.9. The number of likely N-dealkylation sites (N-methyl/N-ethyl adjacent to an activating group) is 1. The van der Waals surface area contributed by atoms with Crippen LogP contribution in [0.15, 0.2) is 42.5 Å². The highest BCUT2D eigenvalue weighted by atomic mass is 19.4. The van der Waals surface area contributed by atoms with E-state index in [4.69, 9.17) is 9.47 Å². The van der Waals surface area contributed by atoms with Gasteiger partial charge in [0.25, 0.3) is 0 Å². The van der Waals surface area contributed by atoms with E-state index in [2.05, 4.69) is 4.90 Å². The van der Waals surface area contributed by atoms with Crippen LogP contribution in [0.2, 0.25) is 0 Å². The van der Waals surface area contributed by atoms with Crippen molar-refractivity contribution in [2.75, 3.05) is 20.1 Å². The second-order valence-electron chi connectivity index (χ2n) is 12.8. The van der Waals surface area contributed by atoms with Gasteiger partial charge in [-0.15, -0.1) is 0 Å². The Kier molecular flexibility index (Phi) is 7.06. The molecule has 1 saturated carbocycles. The van der Waals surface area contributed by atoms with Crippen molar-refractivity contribution in [1.82, 2.24) is 9.80 Å². The summed E-state index contributed by atoms with van der Waals surface area (Å²) in [4.78, 5) is 30.7. The number of aromatic hydroxyl groups is 1. The van der Waals surface area contributed by atoms with Gasteiger partial charge in [-0.1, -0.05) is 32.0 Å². The van der Waals surface area contributed by atoms with Crippen LogP contribution in [0.3, 0.4) is 0 Å². The fourth-order valence-electron chi connectivity index (χ4n) is 8.31. The lowest BCUT2D eigenvalue weighted by atomic mass is 9.48. The molecule has 0 aromatic heterocycles. The maximum atomic E-state index is 13.9. The molecule has 7 nitrogen and oxygen atoms in total. The molecule has 2 aromatic carbocycles. The van der Waals surface area contributed by atoms with E-state index in [-0.39, 0.29) is 29.6 Å². The van der Waals surface area contributed by atoms with Gasteiger partial charge in [-0.25, -0.2) is 0 Å². The molecule has 1 saturated heterocycles. The summed E-state index contributed by atoms with van der Waals surface area (Å²) in [5, 5.41) is 11.0. The lowest BCUT2D eigenvalue weighted by Crippen LogP contribution is -2.79. The molecule has 2 aromatic rings. The van der Waals surface area contributed by atoms with Gasteiger partial charge in [-0.2, -0.15) is 13.2 Å². The third kappa shape index (κ3) is 4.51. The van der Waals surface area contributed by atoms with E-state index in [1.165, 1.54) is 31.2 Å². The molecule has 10 heteroatoms. The van der Waals surface area contributed by atoms with E-state index in [1.54, 1.807) is 11.0 Å². The van der Waals surface area contributed by atoms with Crippen LogP contribution < -0.4 is 4.74 Å². The molecule has 2 aliphatic carbocycles. The van der Waals surface area contributed by atoms with E-state index < -0.39 is 34.9 Å². The number of phenolic OH excluding ortho intramolecular Hbond substituents is 1. The Balaban J connectivity index is 1.41. The van der Waals surface area contributed by atoms with Crippen molar-refractivity contribution in [3.05, 3.63) is 64.7 Å². The molecule has 2 heterocycles. The number of esters is 1. The van der Waals surface area contributed by atoms with E-state index in [1.807, 2.05) is 27.0 Å². The first-order chi connectivity index (χ1) is 20.3. The van der Waals surface area contributed by atoms with Gasteiger partial charge in [0.05, 0.1) is 23.1 Å². The number of hydrogen-bond donors (Lipinski definition) is 1. The van der Waals surface area contributed by atoms with Gasteiger partial charge in [0.15, 0.2) is 11.5 Å². The van der Waals surface area contributed by atoms with Crippen molar-refractivity contribution >= 4 is 18.0 Å². The Hall–Kier alpha value is -3.53. The number of halogens is 3. The summed E-state index contributed by atoms with van der Waals surface area (Å²) in [5.74, 6) is -0.0984. The molecule has 2 aliphatic heterocycles. The van der Waals surface area contributed by atoms with E-state index in [0.29, 0.717) is 43.5 Å². The minimum atomic E-state index is -4.44. The van der Waals surface area contributed by atoms with Crippen molar-refractivity contribution in [3.63, 3.8) is 0 Å². The number of hydrogen-bond acceptors (Lipinski definition) is 6. The van der Waals surface area contributed by atoms with Crippen LogP contribution >= 0.6 is 0 Å². The molecule has 43 heavy (non-hydrogen) atoms. The summed E-state index contributed by atoms with van der Waals surface area (Å²) in [6.45, 7) is 6.63. The zero-order valence-electron chi connectivity index (χ0n) is 24.8. The number of phenols is 1. The van der Waals surface area contributed by atoms with Crippen molar-refractivity contribution in [3.8, 4) is 11.5 Å². The normalized spacial score (nSPS) is 29.3. The number of benzene rings is 2. The molecule has 0 radical (unpaired) electrons. The second kappa shape index (κ2) is 10.3. The number of piperidine rings is 1. The molecule has 4 aliphatic rings. The molecule has 1 amide bonds. The molecule has 1 spiro atoms. The first-order valence-corrected chi connectivity index (χ1v) is 14.9. The van der Waals surface area contributed by atoms with E-state index in [0.717, 1.165) is 29.8 Å². The standard InChI is InChI=1S/C33H37F3N2O5/c1-19(2)18-38(27(41)12-7-21-5-9-23(10-6-21)33(34,35)36)24-13-14-32(43-20(3)39)26-17-22-8-11-25(40)29-28(22)31(32,30(24)42-29)15-16-37(26)4/h5-12,19,24,26,30,40H,13-18H2,1-4H3/b12-7+/t24?,26-,30?,31+,32-/m1/s1. The maximum Gasteiger partial charge on any atom is 0.416 e. The van der Waals surface area contributed by atoms with Crippen molar-refractivity contribution in [2.24, 2.45) is 5.92 Å². The van der Waals surface area contributed by atoms with Crippen LogP contribution in [0.5, 0.6) is 11.5 Å². The minimum Gasteiger partial charge on any atom is -0.504 e. The molecule has 2 fully saturated rings. The number of carbonyl (C=O) groups excluding carboxylic acids is 2. The maximum absolute atomic E-state index is 13.9. The van der Waals surface area contributed by atoms with E-state index >= 15 is 0 Å². The molecule has 2 unspecified atom stereocenters. The quantitative estimate of drug-likeness (QED) is 0.358. The summed E-state index contributed by atoms with van der Waals surface area (Å²) in [6, 6.07) is 7.78. The minimum absolute atomic E-state index is 0.0271.